The van der Waals surface area contributed by atoms with Crippen LogP contribution in [0.4, 0.5) is 9.18 Å². The monoisotopic (exact) mass is 419 g/mol. The van der Waals surface area contributed by atoms with E-state index >= 15 is 0 Å². The summed E-state index contributed by atoms with van der Waals surface area (Å²) < 4.78 is 17.8. The Morgan fingerprint density at radius 3 is 2.70 bits per heavy atom. The molecular weight excluding hydrogens is 393 g/mol. The van der Waals surface area contributed by atoms with Crippen LogP contribution in [0.25, 0.3) is 0 Å². The van der Waals surface area contributed by atoms with E-state index in [1.54, 1.807) is 12.1 Å². The summed E-state index contributed by atoms with van der Waals surface area (Å²) >= 11 is 0. The van der Waals surface area contributed by atoms with Crippen LogP contribution in [0.5, 0.6) is 0 Å². The van der Waals surface area contributed by atoms with Crippen molar-refractivity contribution in [2.24, 2.45) is 5.92 Å². The summed E-state index contributed by atoms with van der Waals surface area (Å²) in [7, 11) is 0. The van der Waals surface area contributed by atoms with Crippen molar-refractivity contribution < 1.29 is 28.3 Å². The number of benzene rings is 1. The number of ether oxygens (including phenoxy) is 1. The fourth-order valence-corrected chi connectivity index (χ4v) is 4.01. The standard InChI is InChI=1S/C21H26FN3O5/c1-14-4-2-3-10-21(14)19(28)25(20(29)24-21)12-18(27)30-13-17(26)23-11-9-15-5-7-16(22)8-6-15/h5-8,14H,2-4,9-13H2,1H3,(H,23,26)(H,24,29)/t14-,21+/m1/s1. The van der Waals surface area contributed by atoms with Crippen molar-refractivity contribution in [3.05, 3.63) is 35.6 Å². The van der Waals surface area contributed by atoms with Crippen LogP contribution in [0.2, 0.25) is 0 Å². The van der Waals surface area contributed by atoms with Gasteiger partial charge in [-0.1, -0.05) is 31.9 Å². The van der Waals surface area contributed by atoms with E-state index in [1.165, 1.54) is 12.1 Å². The molecule has 1 heterocycles. The summed E-state index contributed by atoms with van der Waals surface area (Å²) in [6.07, 6.45) is 3.74. The Hall–Kier alpha value is -2.97. The van der Waals surface area contributed by atoms with Gasteiger partial charge in [-0.15, -0.1) is 0 Å². The minimum absolute atomic E-state index is 0.00407. The highest BCUT2D eigenvalue weighted by Gasteiger charge is 2.55. The maximum atomic E-state index is 12.9. The Balaban J connectivity index is 1.41. The third-order valence-electron chi connectivity index (χ3n) is 5.80. The number of urea groups is 1. The molecule has 2 N–H and O–H groups in total. The number of imide groups is 1. The first kappa shape index (κ1) is 21.7. The van der Waals surface area contributed by atoms with Crippen molar-refractivity contribution in [1.29, 1.82) is 0 Å². The minimum atomic E-state index is -0.937. The lowest BCUT2D eigenvalue weighted by Crippen LogP contribution is -2.54. The molecule has 2 aliphatic rings. The molecule has 0 radical (unpaired) electrons. The molecule has 162 valence electrons. The average Bonchev–Trinajstić information content (AvgIpc) is 2.95. The fraction of sp³-hybridized carbons (Fsp3) is 0.524. The number of carbonyl (C=O) groups excluding carboxylic acids is 4. The summed E-state index contributed by atoms with van der Waals surface area (Å²) in [5.41, 5.74) is -0.0778. The Kier molecular flexibility index (Phi) is 6.69. The number of esters is 1. The first-order chi connectivity index (χ1) is 14.3. The molecular formula is C21H26FN3O5. The molecule has 8 nitrogen and oxygen atoms in total. The minimum Gasteiger partial charge on any atom is -0.454 e. The number of nitrogens with zero attached hydrogens (tertiary/aromatic N) is 1. The first-order valence-corrected chi connectivity index (χ1v) is 10.1. The van der Waals surface area contributed by atoms with Crippen molar-refractivity contribution in [3.8, 4) is 0 Å². The summed E-state index contributed by atoms with van der Waals surface area (Å²) in [5, 5.41) is 5.36. The predicted molar refractivity (Wildman–Crippen MR) is 105 cm³/mol. The molecule has 1 aromatic carbocycles. The third kappa shape index (κ3) is 4.77. The second kappa shape index (κ2) is 9.23. The molecule has 1 aromatic rings. The molecule has 1 aliphatic carbocycles. The lowest BCUT2D eigenvalue weighted by molar-refractivity contribution is -0.151. The van der Waals surface area contributed by atoms with Gasteiger partial charge in [0.25, 0.3) is 11.8 Å². The summed E-state index contributed by atoms with van der Waals surface area (Å²) in [5.74, 6) is -2.06. The first-order valence-electron chi connectivity index (χ1n) is 10.1. The van der Waals surface area contributed by atoms with Crippen LogP contribution in [0.1, 0.15) is 38.2 Å². The highest BCUT2D eigenvalue weighted by Crippen LogP contribution is 2.38. The molecule has 2 fully saturated rings. The second-order valence-electron chi connectivity index (χ2n) is 7.83. The van der Waals surface area contributed by atoms with E-state index in [2.05, 4.69) is 10.6 Å². The van der Waals surface area contributed by atoms with Crippen LogP contribution in [0.15, 0.2) is 24.3 Å². The van der Waals surface area contributed by atoms with Crippen LogP contribution in [-0.2, 0) is 25.5 Å². The van der Waals surface area contributed by atoms with Gasteiger partial charge in [-0.2, -0.15) is 0 Å². The number of amides is 4. The van der Waals surface area contributed by atoms with Crippen molar-refractivity contribution in [2.45, 2.75) is 44.6 Å². The normalized spacial score (nSPS) is 23.4. The lowest BCUT2D eigenvalue weighted by Gasteiger charge is -2.36. The number of carbonyl (C=O) groups is 4. The van der Waals surface area contributed by atoms with Gasteiger partial charge in [0.15, 0.2) is 6.61 Å². The zero-order valence-corrected chi connectivity index (χ0v) is 16.9. The number of hydrogen-bond acceptors (Lipinski definition) is 5. The Bertz CT molecular complexity index is 828. The maximum Gasteiger partial charge on any atom is 0.326 e. The summed E-state index contributed by atoms with van der Waals surface area (Å²) in [6, 6.07) is 5.33. The SMILES string of the molecule is C[C@@H]1CCCC[C@]12NC(=O)N(CC(=O)OCC(=O)NCCc1ccc(F)cc1)C2=O. The molecule has 1 saturated heterocycles. The van der Waals surface area contributed by atoms with Crippen LogP contribution < -0.4 is 10.6 Å². The lowest BCUT2D eigenvalue weighted by atomic mass is 9.73. The average molecular weight is 419 g/mol. The molecule has 1 saturated carbocycles. The Morgan fingerprint density at radius 2 is 2.00 bits per heavy atom. The van der Waals surface area contributed by atoms with Crippen LogP contribution in [0, 0.1) is 11.7 Å². The van der Waals surface area contributed by atoms with Gasteiger partial charge in [-0.25, -0.2) is 9.18 Å². The zero-order chi connectivity index (χ0) is 21.7. The smallest absolute Gasteiger partial charge is 0.326 e. The second-order valence-corrected chi connectivity index (χ2v) is 7.83. The van der Waals surface area contributed by atoms with Crippen molar-refractivity contribution in [3.63, 3.8) is 0 Å². The predicted octanol–water partition coefficient (Wildman–Crippen LogP) is 1.53. The number of halogens is 1. The summed E-state index contributed by atoms with van der Waals surface area (Å²) in [4.78, 5) is 49.8. The quantitative estimate of drug-likeness (QED) is 0.515. The van der Waals surface area contributed by atoms with Gasteiger partial charge in [-0.3, -0.25) is 19.3 Å². The number of rotatable bonds is 7. The van der Waals surface area contributed by atoms with Gasteiger partial charge >= 0.3 is 12.0 Å². The van der Waals surface area contributed by atoms with E-state index in [9.17, 15) is 23.6 Å². The topological polar surface area (TPSA) is 105 Å². The number of hydrogen-bond donors (Lipinski definition) is 2. The van der Waals surface area contributed by atoms with E-state index < -0.39 is 42.5 Å². The fourth-order valence-electron chi connectivity index (χ4n) is 4.01. The molecule has 2 atom stereocenters. The molecule has 3 rings (SSSR count). The molecule has 4 amide bonds. The molecule has 30 heavy (non-hydrogen) atoms. The van der Waals surface area contributed by atoms with Crippen molar-refractivity contribution in [1.82, 2.24) is 15.5 Å². The molecule has 0 bridgehead atoms. The van der Waals surface area contributed by atoms with Gasteiger partial charge in [0.05, 0.1) is 0 Å². The highest BCUT2D eigenvalue weighted by atomic mass is 19.1. The zero-order valence-electron chi connectivity index (χ0n) is 16.9. The van der Waals surface area contributed by atoms with Gasteiger partial charge in [0, 0.05) is 6.54 Å². The highest BCUT2D eigenvalue weighted by molar-refractivity contribution is 6.09. The van der Waals surface area contributed by atoms with E-state index in [1.807, 2.05) is 6.92 Å². The van der Waals surface area contributed by atoms with Crippen molar-refractivity contribution >= 4 is 23.8 Å². The van der Waals surface area contributed by atoms with Gasteiger partial charge in [-0.05, 0) is 42.9 Å². The molecule has 1 aliphatic heterocycles. The van der Waals surface area contributed by atoms with E-state index in [4.69, 9.17) is 4.74 Å². The van der Waals surface area contributed by atoms with Crippen LogP contribution in [-0.4, -0.2) is 54.0 Å². The third-order valence-corrected chi connectivity index (χ3v) is 5.80. The summed E-state index contributed by atoms with van der Waals surface area (Å²) in [6.45, 7) is 1.19. The Labute approximate surface area is 174 Å². The largest absolute Gasteiger partial charge is 0.454 e. The van der Waals surface area contributed by atoms with E-state index in [0.29, 0.717) is 19.4 Å². The molecule has 9 heteroatoms. The Morgan fingerprint density at radius 1 is 1.27 bits per heavy atom. The molecule has 0 unspecified atom stereocenters. The van der Waals surface area contributed by atoms with Gasteiger partial charge < -0.3 is 15.4 Å². The molecule has 1 spiro atoms. The van der Waals surface area contributed by atoms with E-state index in [-0.39, 0.29) is 11.7 Å². The van der Waals surface area contributed by atoms with E-state index in [0.717, 1.165) is 29.7 Å². The van der Waals surface area contributed by atoms with Gasteiger partial charge in [0.2, 0.25) is 0 Å². The van der Waals surface area contributed by atoms with Gasteiger partial charge in [0.1, 0.15) is 17.9 Å². The van der Waals surface area contributed by atoms with Crippen LogP contribution in [0.3, 0.4) is 0 Å². The van der Waals surface area contributed by atoms with Crippen molar-refractivity contribution in [2.75, 3.05) is 19.7 Å². The number of nitrogens with one attached hydrogen (secondary N) is 2. The maximum absolute atomic E-state index is 12.9. The molecule has 0 aromatic heterocycles. The van der Waals surface area contributed by atoms with Crippen LogP contribution >= 0.6 is 0 Å².